The van der Waals surface area contributed by atoms with Gasteiger partial charge in [-0.15, -0.1) is 11.8 Å². The Labute approximate surface area is 145 Å². The van der Waals surface area contributed by atoms with E-state index in [9.17, 15) is 4.79 Å². The minimum Gasteiger partial charge on any atom is -0.328 e. The van der Waals surface area contributed by atoms with Crippen molar-refractivity contribution in [3.63, 3.8) is 0 Å². The molecule has 0 fully saturated rings. The normalized spacial score (nSPS) is 22.9. The standard InChI is InChI=1S/C18H20N4OS/c1-10-8-14-16(15(23)9-10)17(12-4-6-13(24-3)7-5-12)22-18(20-14)19-11(2)21-22/h4-7,10,17H,8-9H2,1-3H3,(H,19,20,21)/t10-,17+/m1/s1. The molecule has 0 amide bonds. The van der Waals surface area contributed by atoms with Crippen LogP contribution in [0.5, 0.6) is 0 Å². The Bertz CT molecular complexity index is 837. The van der Waals surface area contributed by atoms with Crippen LogP contribution in [-0.4, -0.2) is 26.8 Å². The first kappa shape index (κ1) is 15.4. The molecule has 1 aliphatic carbocycles. The zero-order chi connectivity index (χ0) is 16.8. The largest absolute Gasteiger partial charge is 0.328 e. The molecule has 5 nitrogen and oxygen atoms in total. The molecular formula is C18H20N4OS. The van der Waals surface area contributed by atoms with Crippen LogP contribution in [0.25, 0.3) is 0 Å². The Hall–Kier alpha value is -2.08. The number of allylic oxidation sites excluding steroid dienone is 2. The molecule has 0 spiro atoms. The third-order valence-corrected chi connectivity index (χ3v) is 5.40. The Morgan fingerprint density at radius 3 is 2.71 bits per heavy atom. The number of aryl methyl sites for hydroxylation is 1. The Kier molecular flexibility index (Phi) is 3.72. The van der Waals surface area contributed by atoms with Crippen LogP contribution in [-0.2, 0) is 4.79 Å². The number of carbonyl (C=O) groups excluding carboxylic acids is 1. The first-order valence-corrected chi connectivity index (χ1v) is 9.39. The van der Waals surface area contributed by atoms with Crippen molar-refractivity contribution in [1.29, 1.82) is 0 Å². The van der Waals surface area contributed by atoms with Crippen LogP contribution in [0.1, 0.15) is 37.2 Å². The van der Waals surface area contributed by atoms with Crippen LogP contribution in [0, 0.1) is 12.8 Å². The SMILES string of the molecule is CSc1ccc([C@H]2C3=C(C[C@@H](C)CC3=O)Nc3nc(C)nn32)cc1. The fourth-order valence-electron chi connectivity index (χ4n) is 3.61. The zero-order valence-corrected chi connectivity index (χ0v) is 14.9. The van der Waals surface area contributed by atoms with Gasteiger partial charge < -0.3 is 5.32 Å². The van der Waals surface area contributed by atoms with Crippen molar-refractivity contribution in [2.45, 2.75) is 37.6 Å². The van der Waals surface area contributed by atoms with E-state index in [0.29, 0.717) is 18.2 Å². The van der Waals surface area contributed by atoms with E-state index in [-0.39, 0.29) is 11.8 Å². The van der Waals surface area contributed by atoms with Gasteiger partial charge in [-0.25, -0.2) is 4.68 Å². The number of rotatable bonds is 2. The third kappa shape index (κ3) is 2.45. The fraction of sp³-hybridized carbons (Fsp3) is 0.389. The molecule has 2 heterocycles. The summed E-state index contributed by atoms with van der Waals surface area (Å²) in [6, 6.07) is 8.20. The van der Waals surface area contributed by atoms with Crippen molar-refractivity contribution in [1.82, 2.24) is 14.8 Å². The summed E-state index contributed by atoms with van der Waals surface area (Å²) in [6.07, 6.45) is 3.54. The maximum Gasteiger partial charge on any atom is 0.226 e. The van der Waals surface area contributed by atoms with Crippen molar-refractivity contribution < 1.29 is 4.79 Å². The van der Waals surface area contributed by atoms with Gasteiger partial charge in [-0.2, -0.15) is 10.1 Å². The average molecular weight is 340 g/mol. The summed E-state index contributed by atoms with van der Waals surface area (Å²) in [4.78, 5) is 18.5. The number of nitrogens with zero attached hydrogens (tertiary/aromatic N) is 3. The first-order chi connectivity index (χ1) is 11.6. The van der Waals surface area contributed by atoms with Gasteiger partial charge in [-0.3, -0.25) is 4.79 Å². The number of ketones is 1. The average Bonchev–Trinajstić information content (AvgIpc) is 2.92. The number of fused-ring (bicyclic) bond motifs is 1. The van der Waals surface area contributed by atoms with Crippen molar-refractivity contribution >= 4 is 23.5 Å². The highest BCUT2D eigenvalue weighted by molar-refractivity contribution is 7.98. The molecule has 0 bridgehead atoms. The number of benzene rings is 1. The summed E-state index contributed by atoms with van der Waals surface area (Å²) < 4.78 is 1.86. The molecule has 24 heavy (non-hydrogen) atoms. The van der Waals surface area contributed by atoms with E-state index < -0.39 is 0 Å². The molecular weight excluding hydrogens is 320 g/mol. The van der Waals surface area contributed by atoms with Crippen molar-refractivity contribution in [3.8, 4) is 0 Å². The molecule has 1 aliphatic heterocycles. The first-order valence-electron chi connectivity index (χ1n) is 8.17. The summed E-state index contributed by atoms with van der Waals surface area (Å²) in [6.45, 7) is 4.00. The van der Waals surface area contributed by atoms with E-state index in [2.05, 4.69) is 52.8 Å². The summed E-state index contributed by atoms with van der Waals surface area (Å²) in [5.41, 5.74) is 2.94. The minimum absolute atomic E-state index is 0.187. The molecule has 4 rings (SSSR count). The Morgan fingerprint density at radius 1 is 1.25 bits per heavy atom. The van der Waals surface area contributed by atoms with Crippen LogP contribution < -0.4 is 5.32 Å². The van der Waals surface area contributed by atoms with E-state index in [1.165, 1.54) is 4.90 Å². The van der Waals surface area contributed by atoms with Gasteiger partial charge in [0.25, 0.3) is 0 Å². The van der Waals surface area contributed by atoms with Crippen LogP contribution in [0.4, 0.5) is 5.95 Å². The number of carbonyl (C=O) groups is 1. The van der Waals surface area contributed by atoms with E-state index >= 15 is 0 Å². The molecule has 1 N–H and O–H groups in total. The number of aromatic nitrogens is 3. The number of Topliss-reactive ketones (excluding diaryl/α,β-unsaturated/α-hetero) is 1. The van der Waals surface area contributed by atoms with Gasteiger partial charge in [0.2, 0.25) is 5.95 Å². The van der Waals surface area contributed by atoms with Gasteiger partial charge in [-0.1, -0.05) is 19.1 Å². The summed E-state index contributed by atoms with van der Waals surface area (Å²) in [5.74, 6) is 2.02. The highest BCUT2D eigenvalue weighted by atomic mass is 32.2. The van der Waals surface area contributed by atoms with Gasteiger partial charge in [0, 0.05) is 22.6 Å². The van der Waals surface area contributed by atoms with E-state index in [1.54, 1.807) is 11.8 Å². The predicted octanol–water partition coefficient (Wildman–Crippen LogP) is 3.58. The lowest BCUT2D eigenvalue weighted by Gasteiger charge is -2.34. The molecule has 0 saturated heterocycles. The number of thioether (sulfide) groups is 1. The second kappa shape index (κ2) is 5.77. The molecule has 0 radical (unpaired) electrons. The summed E-state index contributed by atoms with van der Waals surface area (Å²) in [5, 5.41) is 7.89. The molecule has 2 aromatic rings. The van der Waals surface area contributed by atoms with Gasteiger partial charge in [0.1, 0.15) is 11.9 Å². The topological polar surface area (TPSA) is 59.8 Å². The lowest BCUT2D eigenvalue weighted by atomic mass is 9.81. The molecule has 0 unspecified atom stereocenters. The number of nitrogens with one attached hydrogen (secondary N) is 1. The van der Waals surface area contributed by atoms with E-state index in [0.717, 1.165) is 29.2 Å². The van der Waals surface area contributed by atoms with Crippen LogP contribution in [0.3, 0.4) is 0 Å². The second-order valence-corrected chi connectivity index (χ2v) is 7.44. The second-order valence-electron chi connectivity index (χ2n) is 6.56. The lowest BCUT2D eigenvalue weighted by molar-refractivity contribution is -0.117. The molecule has 1 aromatic carbocycles. The highest BCUT2D eigenvalue weighted by Gasteiger charge is 2.38. The van der Waals surface area contributed by atoms with Gasteiger partial charge in [-0.05, 0) is 43.2 Å². The van der Waals surface area contributed by atoms with E-state index in [1.807, 2.05) is 11.6 Å². The maximum atomic E-state index is 12.8. The van der Waals surface area contributed by atoms with Gasteiger partial charge >= 0.3 is 0 Å². The van der Waals surface area contributed by atoms with Crippen LogP contribution in [0.15, 0.2) is 40.4 Å². The quantitative estimate of drug-likeness (QED) is 0.847. The molecule has 2 aliphatic rings. The van der Waals surface area contributed by atoms with Crippen molar-refractivity contribution in [3.05, 3.63) is 46.9 Å². The number of hydrogen-bond acceptors (Lipinski definition) is 5. The summed E-state index contributed by atoms with van der Waals surface area (Å²) >= 11 is 1.71. The zero-order valence-electron chi connectivity index (χ0n) is 14.0. The predicted molar refractivity (Wildman–Crippen MR) is 95.2 cm³/mol. The lowest BCUT2D eigenvalue weighted by Crippen LogP contribution is -2.33. The number of anilines is 1. The molecule has 6 heteroatoms. The molecule has 2 atom stereocenters. The van der Waals surface area contributed by atoms with Crippen LogP contribution in [0.2, 0.25) is 0 Å². The minimum atomic E-state index is -0.187. The van der Waals surface area contributed by atoms with Crippen molar-refractivity contribution in [2.24, 2.45) is 5.92 Å². The van der Waals surface area contributed by atoms with Gasteiger partial charge in [0.15, 0.2) is 5.78 Å². The van der Waals surface area contributed by atoms with Gasteiger partial charge in [0.05, 0.1) is 0 Å². The Balaban J connectivity index is 1.87. The monoisotopic (exact) mass is 340 g/mol. The fourth-order valence-corrected chi connectivity index (χ4v) is 4.02. The number of hydrogen-bond donors (Lipinski definition) is 1. The highest BCUT2D eigenvalue weighted by Crippen LogP contribution is 2.41. The van der Waals surface area contributed by atoms with E-state index in [4.69, 9.17) is 0 Å². The molecule has 0 saturated carbocycles. The maximum absolute atomic E-state index is 12.8. The summed E-state index contributed by atoms with van der Waals surface area (Å²) in [7, 11) is 0. The Morgan fingerprint density at radius 2 is 2.00 bits per heavy atom. The third-order valence-electron chi connectivity index (χ3n) is 4.66. The molecule has 124 valence electrons. The smallest absolute Gasteiger partial charge is 0.226 e. The van der Waals surface area contributed by atoms with Crippen LogP contribution >= 0.6 is 11.8 Å². The van der Waals surface area contributed by atoms with Crippen molar-refractivity contribution in [2.75, 3.05) is 11.6 Å². The molecule has 1 aromatic heterocycles.